The van der Waals surface area contributed by atoms with Gasteiger partial charge in [-0.2, -0.15) is 0 Å². The van der Waals surface area contributed by atoms with E-state index in [0.717, 1.165) is 38.3 Å². The van der Waals surface area contributed by atoms with Crippen molar-refractivity contribution >= 4 is 5.69 Å². The maximum Gasteiger partial charge on any atom is 0.122 e. The molecule has 2 aliphatic rings. The van der Waals surface area contributed by atoms with Gasteiger partial charge in [0.2, 0.25) is 0 Å². The van der Waals surface area contributed by atoms with Gasteiger partial charge in [0.1, 0.15) is 5.75 Å². The molecule has 1 aromatic rings. The second-order valence-electron chi connectivity index (χ2n) is 4.61. The van der Waals surface area contributed by atoms with E-state index in [2.05, 4.69) is 28.8 Å². The van der Waals surface area contributed by atoms with Crippen molar-refractivity contribution < 1.29 is 4.74 Å². The van der Waals surface area contributed by atoms with Gasteiger partial charge in [0.25, 0.3) is 0 Å². The second-order valence-corrected chi connectivity index (χ2v) is 4.61. The predicted molar refractivity (Wildman–Crippen MR) is 65.2 cm³/mol. The van der Waals surface area contributed by atoms with E-state index in [-0.39, 0.29) is 0 Å². The Bertz CT molecular complexity index is 372. The van der Waals surface area contributed by atoms with Crippen molar-refractivity contribution in [2.45, 2.75) is 25.3 Å². The second kappa shape index (κ2) is 4.34. The third-order valence-corrected chi connectivity index (χ3v) is 3.34. The zero-order chi connectivity index (χ0) is 10.8. The fourth-order valence-electron chi connectivity index (χ4n) is 2.46. The Hall–Kier alpha value is -1.22. The van der Waals surface area contributed by atoms with Crippen LogP contribution >= 0.6 is 0 Å². The molecule has 2 N–H and O–H groups in total. The Morgan fingerprint density at radius 1 is 1.38 bits per heavy atom. The van der Waals surface area contributed by atoms with Crippen LogP contribution in [0, 0.1) is 0 Å². The quantitative estimate of drug-likeness (QED) is 0.794. The molecule has 1 unspecified atom stereocenters. The number of ether oxygens (including phenoxy) is 1. The number of rotatable bonds is 2. The lowest BCUT2D eigenvalue weighted by atomic mass is 10.1. The normalized spacial score (nSPS) is 23.6. The van der Waals surface area contributed by atoms with E-state index in [9.17, 15) is 0 Å². The van der Waals surface area contributed by atoms with Gasteiger partial charge in [-0.15, -0.1) is 0 Å². The minimum atomic E-state index is 0.586. The van der Waals surface area contributed by atoms with E-state index >= 15 is 0 Å². The summed E-state index contributed by atoms with van der Waals surface area (Å²) in [6, 6.07) is 7.05. The van der Waals surface area contributed by atoms with Crippen molar-refractivity contribution in [1.29, 1.82) is 0 Å². The summed E-state index contributed by atoms with van der Waals surface area (Å²) in [7, 11) is 0. The summed E-state index contributed by atoms with van der Waals surface area (Å²) in [6.45, 7) is 3.08. The van der Waals surface area contributed by atoms with Crippen molar-refractivity contribution in [1.82, 2.24) is 5.32 Å². The SMILES string of the molecule is c1cc2c(cc1NC1CCNC1)CCCO2. The van der Waals surface area contributed by atoms with Crippen molar-refractivity contribution in [2.75, 3.05) is 25.0 Å². The maximum absolute atomic E-state index is 5.61. The maximum atomic E-state index is 5.61. The van der Waals surface area contributed by atoms with Gasteiger partial charge >= 0.3 is 0 Å². The monoisotopic (exact) mass is 218 g/mol. The molecule has 0 radical (unpaired) electrons. The highest BCUT2D eigenvalue weighted by Crippen LogP contribution is 2.27. The third-order valence-electron chi connectivity index (χ3n) is 3.34. The average molecular weight is 218 g/mol. The van der Waals surface area contributed by atoms with Crippen LogP contribution in [0.5, 0.6) is 5.75 Å². The molecule has 86 valence electrons. The van der Waals surface area contributed by atoms with Gasteiger partial charge in [-0.3, -0.25) is 0 Å². The summed E-state index contributed by atoms with van der Waals surface area (Å²) in [4.78, 5) is 0. The zero-order valence-electron chi connectivity index (χ0n) is 9.46. The van der Waals surface area contributed by atoms with Crippen LogP contribution in [-0.4, -0.2) is 25.7 Å². The van der Waals surface area contributed by atoms with Crippen LogP contribution in [0.1, 0.15) is 18.4 Å². The summed E-state index contributed by atoms with van der Waals surface area (Å²) in [5.74, 6) is 1.07. The molecule has 0 aliphatic carbocycles. The van der Waals surface area contributed by atoms with E-state index in [0.29, 0.717) is 6.04 Å². The first-order chi connectivity index (χ1) is 7.92. The van der Waals surface area contributed by atoms with Crippen LogP contribution in [0.4, 0.5) is 5.69 Å². The molecule has 0 aromatic heterocycles. The molecular weight excluding hydrogens is 200 g/mol. The van der Waals surface area contributed by atoms with Crippen molar-refractivity contribution in [3.63, 3.8) is 0 Å². The minimum Gasteiger partial charge on any atom is -0.493 e. The molecule has 1 aromatic carbocycles. The van der Waals surface area contributed by atoms with Gasteiger partial charge in [0.15, 0.2) is 0 Å². The van der Waals surface area contributed by atoms with Crippen molar-refractivity contribution in [2.24, 2.45) is 0 Å². The van der Waals surface area contributed by atoms with Gasteiger partial charge in [-0.05, 0) is 49.6 Å². The lowest BCUT2D eigenvalue weighted by Crippen LogP contribution is -2.22. The number of aryl methyl sites for hydroxylation is 1. The van der Waals surface area contributed by atoms with Crippen molar-refractivity contribution in [3.8, 4) is 5.75 Å². The molecule has 3 nitrogen and oxygen atoms in total. The largest absolute Gasteiger partial charge is 0.493 e. The molecule has 1 fully saturated rings. The zero-order valence-corrected chi connectivity index (χ0v) is 9.46. The molecule has 1 atom stereocenters. The van der Waals surface area contributed by atoms with Gasteiger partial charge in [-0.1, -0.05) is 0 Å². The first-order valence-corrected chi connectivity index (χ1v) is 6.15. The molecule has 0 amide bonds. The third kappa shape index (κ3) is 2.00. The van der Waals surface area contributed by atoms with Crippen LogP contribution in [0.25, 0.3) is 0 Å². The van der Waals surface area contributed by atoms with E-state index < -0.39 is 0 Å². The van der Waals surface area contributed by atoms with E-state index in [1.807, 2.05) is 0 Å². The fourth-order valence-corrected chi connectivity index (χ4v) is 2.46. The number of fused-ring (bicyclic) bond motifs is 1. The molecule has 1 saturated heterocycles. The molecule has 0 bridgehead atoms. The number of hydrogen-bond donors (Lipinski definition) is 2. The first-order valence-electron chi connectivity index (χ1n) is 6.15. The fraction of sp³-hybridized carbons (Fsp3) is 0.538. The lowest BCUT2D eigenvalue weighted by molar-refractivity contribution is 0.288. The number of anilines is 1. The smallest absolute Gasteiger partial charge is 0.122 e. The van der Waals surface area contributed by atoms with Gasteiger partial charge in [0.05, 0.1) is 6.61 Å². The van der Waals surface area contributed by atoms with Crippen LogP contribution in [0.15, 0.2) is 18.2 Å². The summed E-state index contributed by atoms with van der Waals surface area (Å²) in [5, 5.41) is 6.94. The average Bonchev–Trinajstić information content (AvgIpc) is 2.82. The van der Waals surface area contributed by atoms with Crippen LogP contribution < -0.4 is 15.4 Å². The summed E-state index contributed by atoms with van der Waals surface area (Å²) in [5.41, 5.74) is 2.58. The highest BCUT2D eigenvalue weighted by atomic mass is 16.5. The molecule has 2 heterocycles. The van der Waals surface area contributed by atoms with Gasteiger partial charge in [0, 0.05) is 18.3 Å². The molecule has 0 spiro atoms. The van der Waals surface area contributed by atoms with Gasteiger partial charge < -0.3 is 15.4 Å². The topological polar surface area (TPSA) is 33.3 Å². The highest BCUT2D eigenvalue weighted by molar-refractivity contribution is 5.52. The van der Waals surface area contributed by atoms with Crippen LogP contribution in [0.2, 0.25) is 0 Å². The van der Waals surface area contributed by atoms with E-state index in [1.165, 1.54) is 17.7 Å². The first kappa shape index (κ1) is 9.97. The lowest BCUT2D eigenvalue weighted by Gasteiger charge is -2.19. The summed E-state index contributed by atoms with van der Waals surface area (Å²) in [6.07, 6.45) is 3.50. The Morgan fingerprint density at radius 2 is 2.38 bits per heavy atom. The molecule has 16 heavy (non-hydrogen) atoms. The number of nitrogens with one attached hydrogen (secondary N) is 2. The van der Waals surface area contributed by atoms with E-state index in [1.54, 1.807) is 0 Å². The molecule has 0 saturated carbocycles. The minimum absolute atomic E-state index is 0.586. The summed E-state index contributed by atoms with van der Waals surface area (Å²) >= 11 is 0. The summed E-state index contributed by atoms with van der Waals surface area (Å²) < 4.78 is 5.61. The van der Waals surface area contributed by atoms with Crippen LogP contribution in [0.3, 0.4) is 0 Å². The Morgan fingerprint density at radius 3 is 3.25 bits per heavy atom. The van der Waals surface area contributed by atoms with Gasteiger partial charge in [-0.25, -0.2) is 0 Å². The van der Waals surface area contributed by atoms with Crippen LogP contribution in [-0.2, 0) is 6.42 Å². The highest BCUT2D eigenvalue weighted by Gasteiger charge is 2.15. The number of benzene rings is 1. The predicted octanol–water partition coefficient (Wildman–Crippen LogP) is 1.79. The Kier molecular flexibility index (Phi) is 2.70. The van der Waals surface area contributed by atoms with E-state index in [4.69, 9.17) is 4.74 Å². The molecule has 3 rings (SSSR count). The Balaban J connectivity index is 1.74. The standard InChI is InChI=1S/C13H18N2O/c1-2-10-8-11(3-4-13(10)16-7-1)15-12-5-6-14-9-12/h3-4,8,12,14-15H,1-2,5-7,9H2. The van der Waals surface area contributed by atoms with Crippen molar-refractivity contribution in [3.05, 3.63) is 23.8 Å². The molecule has 2 aliphatic heterocycles. The Labute approximate surface area is 96.2 Å². The number of hydrogen-bond acceptors (Lipinski definition) is 3. The molecule has 3 heteroatoms. The molecular formula is C13H18N2O.